The number of rotatable bonds is 2. The topological polar surface area (TPSA) is 47.7 Å². The Balaban J connectivity index is 1.82. The first kappa shape index (κ1) is 12.3. The van der Waals surface area contributed by atoms with Crippen LogP contribution >= 0.6 is 0 Å². The molecule has 0 aliphatic carbocycles. The van der Waals surface area contributed by atoms with Crippen LogP contribution in [0.2, 0.25) is 0 Å². The van der Waals surface area contributed by atoms with Crippen molar-refractivity contribution in [2.24, 2.45) is 11.7 Å². The second kappa shape index (κ2) is 5.96. The summed E-state index contributed by atoms with van der Waals surface area (Å²) in [4.78, 5) is 2.48. The molecule has 0 spiro atoms. The van der Waals surface area contributed by atoms with Gasteiger partial charge in [0.25, 0.3) is 0 Å². The number of hydrogen-bond acceptors (Lipinski definition) is 4. The summed E-state index contributed by atoms with van der Waals surface area (Å²) < 4.78 is 11.2. The molecule has 0 aromatic carbocycles. The maximum atomic E-state index is 6.13. The van der Waals surface area contributed by atoms with E-state index in [1.807, 2.05) is 0 Å². The lowest BCUT2D eigenvalue weighted by Crippen LogP contribution is -2.46. The highest BCUT2D eigenvalue weighted by atomic mass is 16.5. The molecule has 2 rings (SSSR count). The summed E-state index contributed by atoms with van der Waals surface area (Å²) in [6.07, 6.45) is 2.49. The van der Waals surface area contributed by atoms with Crippen LogP contribution in [0.1, 0.15) is 19.8 Å². The third-order valence-corrected chi connectivity index (χ3v) is 3.56. The molecule has 2 fully saturated rings. The maximum absolute atomic E-state index is 6.13. The fraction of sp³-hybridized carbons (Fsp3) is 1.00. The van der Waals surface area contributed by atoms with Crippen LogP contribution in [0.5, 0.6) is 0 Å². The smallest absolute Gasteiger partial charge is 0.0673 e. The van der Waals surface area contributed by atoms with Crippen molar-refractivity contribution in [2.75, 3.05) is 39.5 Å². The first-order valence-electron chi connectivity index (χ1n) is 6.43. The fourth-order valence-electron chi connectivity index (χ4n) is 2.58. The zero-order chi connectivity index (χ0) is 11.4. The molecule has 0 radical (unpaired) electrons. The molecule has 0 aromatic heterocycles. The Hall–Kier alpha value is -0.160. The minimum Gasteiger partial charge on any atom is -0.381 e. The van der Waals surface area contributed by atoms with Gasteiger partial charge >= 0.3 is 0 Å². The molecule has 0 bridgehead atoms. The van der Waals surface area contributed by atoms with E-state index in [0.717, 1.165) is 52.3 Å². The number of nitrogens with zero attached hydrogens (tertiary/aromatic N) is 1. The quantitative estimate of drug-likeness (QED) is 0.746. The normalized spacial score (nSPS) is 38.2. The first-order chi connectivity index (χ1) is 7.75. The van der Waals surface area contributed by atoms with Gasteiger partial charge in [-0.1, -0.05) is 0 Å². The van der Waals surface area contributed by atoms with E-state index in [1.54, 1.807) is 0 Å². The highest BCUT2D eigenvalue weighted by molar-refractivity contribution is 4.80. The molecular formula is C12H24N2O2. The largest absolute Gasteiger partial charge is 0.381 e. The molecule has 2 heterocycles. The van der Waals surface area contributed by atoms with Crippen molar-refractivity contribution in [1.29, 1.82) is 0 Å². The van der Waals surface area contributed by atoms with Crippen molar-refractivity contribution in [3.63, 3.8) is 0 Å². The van der Waals surface area contributed by atoms with Crippen LogP contribution in [-0.4, -0.2) is 56.5 Å². The van der Waals surface area contributed by atoms with E-state index in [1.165, 1.54) is 0 Å². The summed E-state index contributed by atoms with van der Waals surface area (Å²) in [6, 6.07) is 0.313. The molecule has 2 aliphatic heterocycles. The maximum Gasteiger partial charge on any atom is 0.0673 e. The van der Waals surface area contributed by atoms with E-state index in [-0.39, 0.29) is 0 Å². The minimum absolute atomic E-state index is 0.313. The van der Waals surface area contributed by atoms with Gasteiger partial charge in [-0.3, -0.25) is 0 Å². The molecule has 2 aliphatic rings. The summed E-state index contributed by atoms with van der Waals surface area (Å²) in [5.41, 5.74) is 6.13. The molecule has 0 amide bonds. The molecule has 4 nitrogen and oxygen atoms in total. The zero-order valence-electron chi connectivity index (χ0n) is 10.2. The third-order valence-electron chi connectivity index (χ3n) is 3.56. The molecule has 3 unspecified atom stereocenters. The predicted octanol–water partition coefficient (Wildman–Crippen LogP) is 0.461. The van der Waals surface area contributed by atoms with Gasteiger partial charge in [0.2, 0.25) is 0 Å². The van der Waals surface area contributed by atoms with Crippen LogP contribution in [0.15, 0.2) is 0 Å². The van der Waals surface area contributed by atoms with Gasteiger partial charge in [0.1, 0.15) is 0 Å². The first-order valence-corrected chi connectivity index (χ1v) is 6.43. The zero-order valence-corrected chi connectivity index (χ0v) is 10.2. The molecule has 2 N–H and O–H groups in total. The molecule has 3 atom stereocenters. The van der Waals surface area contributed by atoms with Gasteiger partial charge in [-0.05, 0) is 19.8 Å². The second-order valence-corrected chi connectivity index (χ2v) is 5.08. The van der Waals surface area contributed by atoms with Crippen molar-refractivity contribution in [2.45, 2.75) is 31.9 Å². The van der Waals surface area contributed by atoms with Gasteiger partial charge in [-0.15, -0.1) is 0 Å². The summed E-state index contributed by atoms with van der Waals surface area (Å²) in [6.45, 7) is 7.93. The Morgan fingerprint density at radius 3 is 3.06 bits per heavy atom. The van der Waals surface area contributed by atoms with Crippen LogP contribution in [0, 0.1) is 5.92 Å². The van der Waals surface area contributed by atoms with Crippen molar-refractivity contribution in [1.82, 2.24) is 4.90 Å². The molecule has 94 valence electrons. The molecule has 0 aromatic rings. The van der Waals surface area contributed by atoms with E-state index in [0.29, 0.717) is 18.1 Å². The van der Waals surface area contributed by atoms with Crippen molar-refractivity contribution < 1.29 is 9.47 Å². The van der Waals surface area contributed by atoms with Gasteiger partial charge in [0, 0.05) is 44.8 Å². The third kappa shape index (κ3) is 3.42. The van der Waals surface area contributed by atoms with Crippen LogP contribution in [0.3, 0.4) is 0 Å². The Bertz CT molecular complexity index is 213. The summed E-state index contributed by atoms with van der Waals surface area (Å²) in [5, 5.41) is 0. The lowest BCUT2D eigenvalue weighted by atomic mass is 9.96. The molecular weight excluding hydrogens is 204 g/mol. The van der Waals surface area contributed by atoms with E-state index in [2.05, 4.69) is 11.8 Å². The van der Waals surface area contributed by atoms with E-state index >= 15 is 0 Å². The minimum atomic E-state index is 0.313. The highest BCUT2D eigenvalue weighted by Gasteiger charge is 2.26. The highest BCUT2D eigenvalue weighted by Crippen LogP contribution is 2.16. The Labute approximate surface area is 98.1 Å². The lowest BCUT2D eigenvalue weighted by Gasteiger charge is -2.33. The fourth-order valence-corrected chi connectivity index (χ4v) is 2.58. The second-order valence-electron chi connectivity index (χ2n) is 5.08. The number of ether oxygens (including phenoxy) is 2. The molecule has 16 heavy (non-hydrogen) atoms. The molecule has 2 saturated heterocycles. The standard InChI is InChI=1S/C12H24N2O2/c1-10-7-14(4-2-5-16-10)8-11-9-15-6-3-12(11)13/h10-12H,2-9,13H2,1H3. The lowest BCUT2D eigenvalue weighted by molar-refractivity contribution is 0.0198. The van der Waals surface area contributed by atoms with Crippen molar-refractivity contribution in [3.8, 4) is 0 Å². The average molecular weight is 228 g/mol. The van der Waals surface area contributed by atoms with Gasteiger partial charge in [0.05, 0.1) is 12.7 Å². The number of hydrogen-bond donors (Lipinski definition) is 1. The average Bonchev–Trinajstić information content (AvgIpc) is 2.46. The summed E-state index contributed by atoms with van der Waals surface area (Å²) >= 11 is 0. The number of nitrogens with two attached hydrogens (primary N) is 1. The molecule has 0 saturated carbocycles. The van der Waals surface area contributed by atoms with Gasteiger partial charge < -0.3 is 20.1 Å². The van der Waals surface area contributed by atoms with Gasteiger partial charge in [-0.2, -0.15) is 0 Å². The van der Waals surface area contributed by atoms with Crippen molar-refractivity contribution in [3.05, 3.63) is 0 Å². The summed E-state index contributed by atoms with van der Waals surface area (Å²) in [7, 11) is 0. The Morgan fingerprint density at radius 1 is 1.38 bits per heavy atom. The van der Waals surface area contributed by atoms with Crippen LogP contribution in [0.4, 0.5) is 0 Å². The summed E-state index contributed by atoms with van der Waals surface area (Å²) in [5.74, 6) is 0.499. The predicted molar refractivity (Wildman–Crippen MR) is 63.4 cm³/mol. The monoisotopic (exact) mass is 228 g/mol. The Morgan fingerprint density at radius 2 is 2.25 bits per heavy atom. The van der Waals surface area contributed by atoms with Crippen molar-refractivity contribution >= 4 is 0 Å². The van der Waals surface area contributed by atoms with Crippen LogP contribution in [-0.2, 0) is 9.47 Å². The SMILES string of the molecule is CC1CN(CC2COCCC2N)CCCO1. The van der Waals surface area contributed by atoms with E-state index < -0.39 is 0 Å². The van der Waals surface area contributed by atoms with Gasteiger partial charge in [0.15, 0.2) is 0 Å². The van der Waals surface area contributed by atoms with E-state index in [4.69, 9.17) is 15.2 Å². The van der Waals surface area contributed by atoms with Crippen LogP contribution < -0.4 is 5.73 Å². The van der Waals surface area contributed by atoms with Gasteiger partial charge in [-0.25, -0.2) is 0 Å². The molecule has 4 heteroatoms. The van der Waals surface area contributed by atoms with E-state index in [9.17, 15) is 0 Å². The van der Waals surface area contributed by atoms with Crippen LogP contribution in [0.25, 0.3) is 0 Å². The Kier molecular flexibility index (Phi) is 4.58.